The summed E-state index contributed by atoms with van der Waals surface area (Å²) in [6.07, 6.45) is 3.64. The van der Waals surface area contributed by atoms with Gasteiger partial charge in [-0.1, -0.05) is 42.5 Å². The third-order valence-corrected chi connectivity index (χ3v) is 5.22. The maximum atomic E-state index is 5.80. The van der Waals surface area contributed by atoms with Gasteiger partial charge in [-0.25, -0.2) is 0 Å². The third-order valence-electron chi connectivity index (χ3n) is 4.84. The summed E-state index contributed by atoms with van der Waals surface area (Å²) in [6.45, 7) is 3.39. The van der Waals surface area contributed by atoms with Crippen molar-refractivity contribution in [1.82, 2.24) is 15.2 Å². The Balaban J connectivity index is 1.80. The molecule has 0 spiro atoms. The maximum Gasteiger partial charge on any atom is 0.170 e. The van der Waals surface area contributed by atoms with Crippen LogP contribution >= 0.6 is 12.2 Å². The Kier molecular flexibility index (Phi) is 7.63. The average Bonchev–Trinajstić information content (AvgIpc) is 2.79. The van der Waals surface area contributed by atoms with Gasteiger partial charge in [0, 0.05) is 25.5 Å². The van der Waals surface area contributed by atoms with Crippen LogP contribution in [0.4, 0.5) is 0 Å². The predicted molar refractivity (Wildman–Crippen MR) is 124 cm³/mol. The van der Waals surface area contributed by atoms with Gasteiger partial charge in [0.2, 0.25) is 0 Å². The van der Waals surface area contributed by atoms with Crippen molar-refractivity contribution in [2.45, 2.75) is 26.1 Å². The van der Waals surface area contributed by atoms with Crippen molar-refractivity contribution >= 4 is 17.3 Å². The van der Waals surface area contributed by atoms with E-state index in [1.54, 1.807) is 20.4 Å². The summed E-state index contributed by atoms with van der Waals surface area (Å²) in [5.74, 6) is 1.41. The molecule has 3 rings (SSSR count). The zero-order chi connectivity index (χ0) is 21.3. The fraction of sp³-hybridized carbons (Fsp3) is 0.250. The van der Waals surface area contributed by atoms with Crippen LogP contribution in [-0.2, 0) is 13.1 Å². The highest BCUT2D eigenvalue weighted by molar-refractivity contribution is 7.80. The highest BCUT2D eigenvalue weighted by Gasteiger charge is 2.16. The van der Waals surface area contributed by atoms with Gasteiger partial charge in [0.1, 0.15) is 0 Å². The lowest BCUT2D eigenvalue weighted by molar-refractivity contribution is 0.352. The number of hydrogen-bond acceptors (Lipinski definition) is 4. The zero-order valence-electron chi connectivity index (χ0n) is 17.5. The molecule has 0 bridgehead atoms. The lowest BCUT2D eigenvalue weighted by Crippen LogP contribution is -2.40. The lowest BCUT2D eigenvalue weighted by atomic mass is 10.1. The van der Waals surface area contributed by atoms with E-state index in [0.29, 0.717) is 29.7 Å². The van der Waals surface area contributed by atoms with Gasteiger partial charge in [-0.2, -0.15) is 0 Å². The van der Waals surface area contributed by atoms with Crippen LogP contribution in [0.5, 0.6) is 11.5 Å². The maximum absolute atomic E-state index is 5.80. The van der Waals surface area contributed by atoms with Gasteiger partial charge in [-0.15, -0.1) is 0 Å². The SMILES string of the molecule is COc1ccc(CN(Cc2cccnc2)C(=S)N[C@@H](C)c2ccccc2)cc1OC. The Bertz CT molecular complexity index is 951. The number of ether oxygens (including phenoxy) is 2. The van der Waals surface area contributed by atoms with Crippen molar-refractivity contribution in [2.24, 2.45) is 0 Å². The van der Waals surface area contributed by atoms with Crippen molar-refractivity contribution in [3.63, 3.8) is 0 Å². The summed E-state index contributed by atoms with van der Waals surface area (Å²) >= 11 is 5.80. The monoisotopic (exact) mass is 421 g/mol. The van der Waals surface area contributed by atoms with Crippen LogP contribution in [0, 0.1) is 0 Å². The van der Waals surface area contributed by atoms with E-state index in [2.05, 4.69) is 40.3 Å². The predicted octanol–water partition coefficient (Wildman–Crippen LogP) is 4.74. The lowest BCUT2D eigenvalue weighted by Gasteiger charge is -2.28. The summed E-state index contributed by atoms with van der Waals surface area (Å²) in [5, 5.41) is 4.15. The van der Waals surface area contributed by atoms with Crippen LogP contribution in [0.15, 0.2) is 73.1 Å². The molecule has 0 aliphatic rings. The molecule has 0 unspecified atom stereocenters. The van der Waals surface area contributed by atoms with E-state index in [1.165, 1.54) is 5.56 Å². The Morgan fingerprint density at radius 1 is 0.967 bits per heavy atom. The first-order valence-electron chi connectivity index (χ1n) is 9.81. The molecular weight excluding hydrogens is 394 g/mol. The Morgan fingerprint density at radius 2 is 1.70 bits per heavy atom. The van der Waals surface area contributed by atoms with Crippen molar-refractivity contribution in [3.05, 3.63) is 89.7 Å². The van der Waals surface area contributed by atoms with Gasteiger partial charge in [0.25, 0.3) is 0 Å². The number of benzene rings is 2. The minimum atomic E-state index is 0.0977. The molecular formula is C24H27N3O2S. The number of methoxy groups -OCH3 is 2. The molecule has 1 aromatic heterocycles. The van der Waals surface area contributed by atoms with Gasteiger partial charge in [-0.3, -0.25) is 4.98 Å². The molecule has 30 heavy (non-hydrogen) atoms. The van der Waals surface area contributed by atoms with E-state index in [4.69, 9.17) is 21.7 Å². The van der Waals surface area contributed by atoms with Crippen molar-refractivity contribution in [2.75, 3.05) is 14.2 Å². The van der Waals surface area contributed by atoms with Crippen molar-refractivity contribution < 1.29 is 9.47 Å². The molecule has 1 atom stereocenters. The molecule has 0 saturated carbocycles. The summed E-state index contributed by atoms with van der Waals surface area (Å²) < 4.78 is 10.8. The van der Waals surface area contributed by atoms with Crippen LogP contribution in [0.25, 0.3) is 0 Å². The van der Waals surface area contributed by atoms with Gasteiger partial charge in [0.05, 0.1) is 20.3 Å². The van der Waals surface area contributed by atoms with Crippen LogP contribution < -0.4 is 14.8 Å². The molecule has 0 saturated heterocycles. The first kappa shape index (κ1) is 21.6. The molecule has 0 fully saturated rings. The molecule has 1 N–H and O–H groups in total. The highest BCUT2D eigenvalue weighted by Crippen LogP contribution is 2.28. The zero-order valence-corrected chi connectivity index (χ0v) is 18.4. The number of nitrogens with one attached hydrogen (secondary N) is 1. The quantitative estimate of drug-likeness (QED) is 0.530. The standard InChI is InChI=1S/C24H27N3O2S/c1-18(21-9-5-4-6-10-21)26-24(30)27(17-20-8-7-13-25-15-20)16-19-11-12-22(28-2)23(14-19)29-3/h4-15,18H,16-17H2,1-3H3,(H,26,30)/t18-/m0/s1. The van der Waals surface area contributed by atoms with E-state index in [0.717, 1.165) is 11.1 Å². The second-order valence-electron chi connectivity index (χ2n) is 6.99. The summed E-state index contributed by atoms with van der Waals surface area (Å²) in [5.41, 5.74) is 3.36. The fourth-order valence-electron chi connectivity index (χ4n) is 3.21. The van der Waals surface area contributed by atoms with E-state index < -0.39 is 0 Å². The Morgan fingerprint density at radius 3 is 2.37 bits per heavy atom. The van der Waals surface area contributed by atoms with E-state index >= 15 is 0 Å². The van der Waals surface area contributed by atoms with Gasteiger partial charge < -0.3 is 19.7 Å². The minimum Gasteiger partial charge on any atom is -0.493 e. The van der Waals surface area contributed by atoms with Gasteiger partial charge >= 0.3 is 0 Å². The molecule has 0 aliphatic carbocycles. The molecule has 6 heteroatoms. The molecule has 0 radical (unpaired) electrons. The van der Waals surface area contributed by atoms with E-state index in [1.807, 2.05) is 48.7 Å². The number of pyridine rings is 1. The summed E-state index contributed by atoms with van der Waals surface area (Å²) in [7, 11) is 3.28. The van der Waals surface area contributed by atoms with Crippen molar-refractivity contribution in [3.8, 4) is 11.5 Å². The number of nitrogens with zero attached hydrogens (tertiary/aromatic N) is 2. The second kappa shape index (κ2) is 10.6. The largest absolute Gasteiger partial charge is 0.493 e. The normalized spacial score (nSPS) is 11.4. The van der Waals surface area contributed by atoms with Gasteiger partial charge in [0.15, 0.2) is 16.6 Å². The molecule has 3 aromatic rings. The highest BCUT2D eigenvalue weighted by atomic mass is 32.1. The molecule has 0 aliphatic heterocycles. The van der Waals surface area contributed by atoms with Gasteiger partial charge in [-0.05, 0) is 54.0 Å². The summed E-state index contributed by atoms with van der Waals surface area (Å²) in [4.78, 5) is 6.37. The number of rotatable bonds is 8. The molecule has 1 heterocycles. The Hall–Kier alpha value is -3.12. The van der Waals surface area contributed by atoms with Crippen LogP contribution in [0.2, 0.25) is 0 Å². The molecule has 156 valence electrons. The molecule has 0 amide bonds. The first-order valence-corrected chi connectivity index (χ1v) is 10.2. The topological polar surface area (TPSA) is 46.6 Å². The minimum absolute atomic E-state index is 0.0977. The number of thiocarbonyl (C=S) groups is 1. The van der Waals surface area contributed by atoms with E-state index in [9.17, 15) is 0 Å². The van der Waals surface area contributed by atoms with Crippen LogP contribution in [-0.4, -0.2) is 29.2 Å². The smallest absolute Gasteiger partial charge is 0.170 e. The average molecular weight is 422 g/mol. The Labute approximate surface area is 183 Å². The fourth-order valence-corrected chi connectivity index (χ4v) is 3.52. The number of aromatic nitrogens is 1. The third kappa shape index (κ3) is 5.70. The number of hydrogen-bond donors (Lipinski definition) is 1. The molecule has 5 nitrogen and oxygen atoms in total. The molecule has 2 aromatic carbocycles. The van der Waals surface area contributed by atoms with Crippen LogP contribution in [0.3, 0.4) is 0 Å². The second-order valence-corrected chi connectivity index (χ2v) is 7.38. The van der Waals surface area contributed by atoms with Crippen LogP contribution in [0.1, 0.15) is 29.7 Å². The van der Waals surface area contributed by atoms with Crippen molar-refractivity contribution in [1.29, 1.82) is 0 Å². The summed E-state index contributed by atoms with van der Waals surface area (Å²) in [6, 6.07) is 20.3. The first-order chi connectivity index (χ1) is 14.6. The van der Waals surface area contributed by atoms with E-state index in [-0.39, 0.29) is 6.04 Å².